The van der Waals surface area contributed by atoms with Crippen LogP contribution in [0, 0.1) is 0 Å². The Kier molecular flexibility index (Phi) is 28.1. The summed E-state index contributed by atoms with van der Waals surface area (Å²) >= 11 is 0. The van der Waals surface area contributed by atoms with Crippen molar-refractivity contribution in [1.82, 2.24) is 10.6 Å². The number of carbonyl (C=O) groups is 3. The van der Waals surface area contributed by atoms with E-state index >= 15 is 0 Å². The monoisotopic (exact) mass is 690 g/mol. The topological polar surface area (TPSA) is 142 Å². The summed E-state index contributed by atoms with van der Waals surface area (Å²) in [6.07, 6.45) is 23.8. The van der Waals surface area contributed by atoms with Crippen molar-refractivity contribution in [1.29, 1.82) is 0 Å². The van der Waals surface area contributed by atoms with Gasteiger partial charge in [-0.2, -0.15) is 0 Å². The lowest BCUT2D eigenvalue weighted by Gasteiger charge is -2.30. The van der Waals surface area contributed by atoms with Gasteiger partial charge in [0, 0.05) is 25.1 Å². The van der Waals surface area contributed by atoms with Crippen molar-refractivity contribution >= 4 is 27.9 Å². The number of carbonyl (C=O) groups excluding carboxylic acids is 3. The highest BCUT2D eigenvalue weighted by Crippen LogP contribution is 2.13. The van der Waals surface area contributed by atoms with Gasteiger partial charge >= 0.3 is 5.97 Å². The molecule has 0 aliphatic heterocycles. The lowest BCUT2D eigenvalue weighted by molar-refractivity contribution is -0.890. The molecule has 0 heterocycles. The van der Waals surface area contributed by atoms with Gasteiger partial charge in [0.25, 0.3) is 0 Å². The molecule has 0 aromatic rings. The van der Waals surface area contributed by atoms with Crippen LogP contribution in [-0.4, -0.2) is 87.9 Å². The normalized spacial score (nSPS) is 12.5. The van der Waals surface area contributed by atoms with Gasteiger partial charge in [-0.3, -0.25) is 9.59 Å². The summed E-state index contributed by atoms with van der Waals surface area (Å²) in [5.74, 6) is -0.725. The van der Waals surface area contributed by atoms with Gasteiger partial charge in [-0.15, -0.1) is 0 Å². The number of esters is 1. The number of methoxy groups -OCH3 is 1. The van der Waals surface area contributed by atoms with Crippen LogP contribution in [0.5, 0.6) is 0 Å². The Bertz CT molecular complexity index is 912. The molecule has 0 spiro atoms. The van der Waals surface area contributed by atoms with Gasteiger partial charge in [-0.1, -0.05) is 90.4 Å². The number of unbranched alkanes of at least 4 members (excludes halogenated alkanes) is 17. The highest BCUT2D eigenvalue weighted by atomic mass is 32.2. The van der Waals surface area contributed by atoms with E-state index in [1.54, 1.807) is 0 Å². The second-order valence-corrected chi connectivity index (χ2v) is 15.5. The Morgan fingerprint density at radius 1 is 0.660 bits per heavy atom. The Labute approximate surface area is 288 Å². The van der Waals surface area contributed by atoms with Crippen molar-refractivity contribution in [2.24, 2.45) is 0 Å². The van der Waals surface area contributed by atoms with E-state index in [2.05, 4.69) is 31.7 Å². The quantitative estimate of drug-likeness (QED) is 0.0336. The third-order valence-electron chi connectivity index (χ3n) is 8.90. The number of nitrogens with one attached hydrogen (secondary N) is 2. The van der Waals surface area contributed by atoms with Crippen molar-refractivity contribution in [2.75, 3.05) is 46.6 Å². The van der Waals surface area contributed by atoms with Crippen molar-refractivity contribution in [3.05, 3.63) is 0 Å². The Morgan fingerprint density at radius 2 is 1.13 bits per heavy atom. The summed E-state index contributed by atoms with van der Waals surface area (Å²) < 4.78 is 37.9. The molecular formula is C36H71N3O7S. The van der Waals surface area contributed by atoms with E-state index in [9.17, 15) is 27.4 Å². The van der Waals surface area contributed by atoms with Gasteiger partial charge < -0.3 is 24.4 Å². The Balaban J connectivity index is 3.85. The predicted molar refractivity (Wildman–Crippen MR) is 190 cm³/mol. The SMILES string of the molecule is CCCCCCCCCCCC(=O)NCCCCC(NC(=O)CCCCCCCCCC[N+](C)(C)CCCCS(=O)(=O)[O-])C(=O)OC. The molecule has 1 unspecified atom stereocenters. The summed E-state index contributed by atoms with van der Waals surface area (Å²) in [6.45, 7) is 4.73. The van der Waals surface area contributed by atoms with Gasteiger partial charge in [0.15, 0.2) is 0 Å². The van der Waals surface area contributed by atoms with Crippen LogP contribution in [-0.2, 0) is 29.2 Å². The smallest absolute Gasteiger partial charge is 0.328 e. The zero-order chi connectivity index (χ0) is 35.2. The number of rotatable bonds is 33. The van der Waals surface area contributed by atoms with Crippen molar-refractivity contribution < 1.29 is 36.6 Å². The summed E-state index contributed by atoms with van der Waals surface area (Å²) in [5.41, 5.74) is 0. The maximum atomic E-state index is 12.5. The molecule has 0 saturated heterocycles. The summed E-state index contributed by atoms with van der Waals surface area (Å²) in [7, 11) is 1.53. The average Bonchev–Trinajstić information content (AvgIpc) is 3.01. The van der Waals surface area contributed by atoms with Crippen LogP contribution in [0.15, 0.2) is 0 Å². The number of amides is 2. The first-order valence-corrected chi connectivity index (χ1v) is 20.4. The third-order valence-corrected chi connectivity index (χ3v) is 9.68. The van der Waals surface area contributed by atoms with E-state index in [0.29, 0.717) is 38.6 Å². The minimum atomic E-state index is -4.11. The summed E-state index contributed by atoms with van der Waals surface area (Å²) in [5, 5.41) is 5.82. The lowest BCUT2D eigenvalue weighted by atomic mass is 10.1. The Morgan fingerprint density at radius 3 is 1.64 bits per heavy atom. The molecule has 0 rings (SSSR count). The van der Waals surface area contributed by atoms with E-state index in [0.717, 1.165) is 75.4 Å². The molecule has 0 aliphatic carbocycles. The Hall–Kier alpha value is -1.72. The summed E-state index contributed by atoms with van der Waals surface area (Å²) in [4.78, 5) is 36.8. The fourth-order valence-corrected chi connectivity index (χ4v) is 6.42. The molecule has 0 aromatic carbocycles. The van der Waals surface area contributed by atoms with Crippen molar-refractivity contribution in [2.45, 2.75) is 167 Å². The van der Waals surface area contributed by atoms with Gasteiger partial charge in [-0.25, -0.2) is 13.2 Å². The molecule has 0 aliphatic rings. The minimum absolute atomic E-state index is 0.0913. The molecule has 47 heavy (non-hydrogen) atoms. The average molecular weight is 690 g/mol. The van der Waals surface area contributed by atoms with E-state index in [1.165, 1.54) is 71.3 Å². The maximum Gasteiger partial charge on any atom is 0.328 e. The molecule has 0 fully saturated rings. The molecule has 10 nitrogen and oxygen atoms in total. The standard InChI is InChI=1S/C36H71N3O7S/c1-5-6-7-8-9-10-13-16-19-27-34(40)37-29-22-21-26-33(36(42)46-4)38-35(41)28-20-17-14-11-12-15-18-23-30-39(2,3)31-24-25-32-47(43,44)45/h33H,5-32H2,1-4H3,(H2-,37,38,40,41,43,44,45). The molecule has 0 aromatic heterocycles. The van der Waals surface area contributed by atoms with Gasteiger partial charge in [0.1, 0.15) is 6.04 Å². The number of nitrogens with zero attached hydrogens (tertiary/aromatic N) is 1. The largest absolute Gasteiger partial charge is 0.748 e. The van der Waals surface area contributed by atoms with Crippen LogP contribution in [0.1, 0.15) is 161 Å². The zero-order valence-electron chi connectivity index (χ0n) is 30.6. The number of hydrogen-bond acceptors (Lipinski definition) is 7. The number of hydrogen-bond donors (Lipinski definition) is 2. The molecule has 1 atom stereocenters. The fraction of sp³-hybridized carbons (Fsp3) is 0.917. The molecule has 2 N–H and O–H groups in total. The van der Waals surface area contributed by atoms with E-state index < -0.39 is 22.1 Å². The van der Waals surface area contributed by atoms with E-state index in [1.807, 2.05) is 0 Å². The number of ether oxygens (including phenoxy) is 1. The minimum Gasteiger partial charge on any atom is -0.748 e. The number of quaternary nitrogens is 1. The first kappa shape index (κ1) is 45.3. The van der Waals surface area contributed by atoms with Crippen molar-refractivity contribution in [3.63, 3.8) is 0 Å². The molecule has 278 valence electrons. The maximum absolute atomic E-state index is 12.5. The highest BCUT2D eigenvalue weighted by molar-refractivity contribution is 7.85. The van der Waals surface area contributed by atoms with Gasteiger partial charge in [0.05, 0.1) is 44.4 Å². The van der Waals surface area contributed by atoms with Crippen LogP contribution in [0.25, 0.3) is 0 Å². The first-order chi connectivity index (χ1) is 22.4. The zero-order valence-corrected chi connectivity index (χ0v) is 31.4. The molecule has 11 heteroatoms. The van der Waals surface area contributed by atoms with Gasteiger partial charge in [-0.05, 0) is 57.8 Å². The van der Waals surface area contributed by atoms with Crippen LogP contribution >= 0.6 is 0 Å². The predicted octanol–water partition coefficient (Wildman–Crippen LogP) is 6.76. The lowest BCUT2D eigenvalue weighted by Crippen LogP contribution is -2.41. The molecule has 0 bridgehead atoms. The molecule has 0 saturated carbocycles. The molecule has 2 amide bonds. The third kappa shape index (κ3) is 31.3. The second-order valence-electron chi connectivity index (χ2n) is 14.0. The van der Waals surface area contributed by atoms with E-state index in [4.69, 9.17) is 4.74 Å². The fourth-order valence-electron chi connectivity index (χ4n) is 5.86. The first-order valence-electron chi connectivity index (χ1n) is 18.8. The second kappa shape index (κ2) is 29.2. The molecule has 0 radical (unpaired) electrons. The van der Waals surface area contributed by atoms with Crippen LogP contribution in [0.2, 0.25) is 0 Å². The van der Waals surface area contributed by atoms with Gasteiger partial charge in [0.2, 0.25) is 11.8 Å². The molecular weight excluding hydrogens is 618 g/mol. The summed E-state index contributed by atoms with van der Waals surface area (Å²) in [6, 6.07) is -0.650. The van der Waals surface area contributed by atoms with Crippen LogP contribution in [0.4, 0.5) is 0 Å². The van der Waals surface area contributed by atoms with Crippen molar-refractivity contribution in [3.8, 4) is 0 Å². The highest BCUT2D eigenvalue weighted by Gasteiger charge is 2.21. The van der Waals surface area contributed by atoms with Crippen LogP contribution in [0.3, 0.4) is 0 Å². The van der Waals surface area contributed by atoms with Crippen LogP contribution < -0.4 is 10.6 Å². The van der Waals surface area contributed by atoms with E-state index in [-0.39, 0.29) is 17.6 Å².